The molecule has 1 amide bonds. The number of hydrogen-bond donors (Lipinski definition) is 1. The third-order valence-corrected chi connectivity index (χ3v) is 7.83. The molecular weight excluding hydrogens is 468 g/mol. The van der Waals surface area contributed by atoms with Crippen LogP contribution in [0.3, 0.4) is 0 Å². The molecule has 0 radical (unpaired) electrons. The molecule has 0 saturated heterocycles. The minimum atomic E-state index is -3.98. The molecule has 174 valence electrons. The van der Waals surface area contributed by atoms with Gasteiger partial charge in [0.2, 0.25) is 11.0 Å². The van der Waals surface area contributed by atoms with Crippen LogP contribution in [0, 0.1) is 20.8 Å². The first kappa shape index (κ1) is 23.6. The van der Waals surface area contributed by atoms with Gasteiger partial charge in [-0.15, -0.1) is 10.2 Å². The van der Waals surface area contributed by atoms with Gasteiger partial charge in [-0.05, 0) is 50.6 Å². The van der Waals surface area contributed by atoms with Crippen molar-refractivity contribution in [2.45, 2.75) is 25.7 Å². The number of carbonyl (C=O) groups is 1. The summed E-state index contributed by atoms with van der Waals surface area (Å²) in [6.07, 6.45) is 0. The van der Waals surface area contributed by atoms with Crippen LogP contribution in [0.25, 0.3) is 10.6 Å². The lowest BCUT2D eigenvalue weighted by atomic mass is 10.2. The van der Waals surface area contributed by atoms with E-state index in [4.69, 9.17) is 0 Å². The summed E-state index contributed by atoms with van der Waals surface area (Å²) in [5.41, 5.74) is 4.27. The van der Waals surface area contributed by atoms with Crippen molar-refractivity contribution in [2.24, 2.45) is 0 Å². The number of rotatable bonds is 7. The number of aryl methyl sites for hydroxylation is 3. The van der Waals surface area contributed by atoms with Crippen LogP contribution in [0.15, 0.2) is 77.7 Å². The number of amides is 1. The highest BCUT2D eigenvalue weighted by atomic mass is 32.2. The van der Waals surface area contributed by atoms with E-state index in [2.05, 4.69) is 15.5 Å². The summed E-state index contributed by atoms with van der Waals surface area (Å²) in [5.74, 6) is -0.510. The van der Waals surface area contributed by atoms with E-state index in [0.29, 0.717) is 15.8 Å². The summed E-state index contributed by atoms with van der Waals surface area (Å²) < 4.78 is 28.1. The summed E-state index contributed by atoms with van der Waals surface area (Å²) in [6, 6.07) is 21.4. The SMILES string of the molecule is Cc1ccc(-c2nnc(NC(=O)CN(c3cccc(C)c3)S(=O)(=O)c3ccc(C)cc3)s2)cc1. The van der Waals surface area contributed by atoms with Gasteiger partial charge in [0.15, 0.2) is 0 Å². The van der Waals surface area contributed by atoms with Gasteiger partial charge in [-0.2, -0.15) is 0 Å². The van der Waals surface area contributed by atoms with E-state index < -0.39 is 22.5 Å². The average Bonchev–Trinajstić information content (AvgIpc) is 3.26. The quantitative estimate of drug-likeness (QED) is 0.393. The van der Waals surface area contributed by atoms with Crippen molar-refractivity contribution in [3.8, 4) is 10.6 Å². The Morgan fingerprint density at radius 3 is 2.18 bits per heavy atom. The van der Waals surface area contributed by atoms with Crippen LogP contribution in [-0.4, -0.2) is 31.1 Å². The van der Waals surface area contributed by atoms with E-state index in [1.807, 2.05) is 51.1 Å². The standard InChI is InChI=1S/C25H24N4O3S2/c1-17-7-11-20(12-8-17)24-27-28-25(33-24)26-23(30)16-29(21-6-4-5-19(3)15-21)34(31,32)22-13-9-18(2)10-14-22/h4-15H,16H2,1-3H3,(H,26,28,30). The maximum Gasteiger partial charge on any atom is 0.264 e. The van der Waals surface area contributed by atoms with Gasteiger partial charge < -0.3 is 0 Å². The molecule has 1 N–H and O–H groups in total. The molecule has 0 aliphatic heterocycles. The highest BCUT2D eigenvalue weighted by Gasteiger charge is 2.27. The maximum atomic E-state index is 13.5. The Balaban J connectivity index is 1.59. The minimum absolute atomic E-state index is 0.116. The second kappa shape index (κ2) is 9.74. The molecule has 0 aliphatic rings. The third-order valence-electron chi connectivity index (χ3n) is 5.16. The zero-order valence-corrected chi connectivity index (χ0v) is 20.7. The molecular formula is C25H24N4O3S2. The fourth-order valence-electron chi connectivity index (χ4n) is 3.31. The van der Waals surface area contributed by atoms with Crippen LogP contribution in [0.1, 0.15) is 16.7 Å². The molecule has 0 fully saturated rings. The van der Waals surface area contributed by atoms with E-state index in [-0.39, 0.29) is 4.90 Å². The van der Waals surface area contributed by atoms with Crippen LogP contribution in [0.2, 0.25) is 0 Å². The van der Waals surface area contributed by atoms with Gasteiger partial charge in [0.05, 0.1) is 10.6 Å². The summed E-state index contributed by atoms with van der Waals surface area (Å²) >= 11 is 1.23. The van der Waals surface area contributed by atoms with Crippen molar-refractivity contribution < 1.29 is 13.2 Å². The molecule has 4 rings (SSSR count). The van der Waals surface area contributed by atoms with Crippen LogP contribution in [-0.2, 0) is 14.8 Å². The molecule has 7 nitrogen and oxygen atoms in total. The second-order valence-corrected chi connectivity index (χ2v) is 10.8. The first-order valence-electron chi connectivity index (χ1n) is 10.6. The number of sulfonamides is 1. The smallest absolute Gasteiger partial charge is 0.264 e. The lowest BCUT2D eigenvalue weighted by Gasteiger charge is -2.24. The first-order chi connectivity index (χ1) is 16.2. The Labute approximate surface area is 203 Å². The number of hydrogen-bond acceptors (Lipinski definition) is 6. The monoisotopic (exact) mass is 492 g/mol. The predicted molar refractivity (Wildman–Crippen MR) is 136 cm³/mol. The van der Waals surface area contributed by atoms with Gasteiger partial charge in [0.1, 0.15) is 11.6 Å². The molecule has 0 spiro atoms. The van der Waals surface area contributed by atoms with Crippen molar-refractivity contribution in [3.05, 3.63) is 89.5 Å². The first-order valence-corrected chi connectivity index (χ1v) is 12.8. The minimum Gasteiger partial charge on any atom is -0.299 e. The molecule has 34 heavy (non-hydrogen) atoms. The number of nitrogens with one attached hydrogen (secondary N) is 1. The van der Waals surface area contributed by atoms with Crippen LogP contribution >= 0.6 is 11.3 Å². The number of aromatic nitrogens is 2. The van der Waals surface area contributed by atoms with Gasteiger partial charge in [0, 0.05) is 5.56 Å². The van der Waals surface area contributed by atoms with E-state index >= 15 is 0 Å². The van der Waals surface area contributed by atoms with Crippen LogP contribution in [0.5, 0.6) is 0 Å². The molecule has 0 aliphatic carbocycles. The van der Waals surface area contributed by atoms with E-state index in [0.717, 1.165) is 26.6 Å². The van der Waals surface area contributed by atoms with Crippen molar-refractivity contribution in [3.63, 3.8) is 0 Å². The molecule has 1 heterocycles. The van der Waals surface area contributed by atoms with Crippen LogP contribution < -0.4 is 9.62 Å². The third kappa shape index (κ3) is 5.32. The van der Waals surface area contributed by atoms with Gasteiger partial charge >= 0.3 is 0 Å². The summed E-state index contributed by atoms with van der Waals surface area (Å²) in [4.78, 5) is 13.0. The number of carbonyl (C=O) groups excluding carboxylic acids is 1. The number of nitrogens with zero attached hydrogens (tertiary/aromatic N) is 3. The average molecular weight is 493 g/mol. The summed E-state index contributed by atoms with van der Waals surface area (Å²) in [7, 11) is -3.98. The van der Waals surface area contributed by atoms with Gasteiger partial charge in [-0.1, -0.05) is 71.0 Å². The predicted octanol–water partition coefficient (Wildman–Crippen LogP) is 4.96. The Morgan fingerprint density at radius 2 is 1.53 bits per heavy atom. The maximum absolute atomic E-state index is 13.5. The van der Waals surface area contributed by atoms with Gasteiger partial charge in [-0.3, -0.25) is 14.4 Å². The molecule has 1 aromatic heterocycles. The van der Waals surface area contributed by atoms with E-state index in [1.165, 1.54) is 11.3 Å². The fourth-order valence-corrected chi connectivity index (χ4v) is 5.49. The molecule has 0 atom stereocenters. The Morgan fingerprint density at radius 1 is 0.882 bits per heavy atom. The highest BCUT2D eigenvalue weighted by molar-refractivity contribution is 7.92. The van der Waals surface area contributed by atoms with Crippen molar-refractivity contribution >= 4 is 38.1 Å². The van der Waals surface area contributed by atoms with Gasteiger partial charge in [-0.25, -0.2) is 8.42 Å². The zero-order valence-electron chi connectivity index (χ0n) is 19.0. The molecule has 3 aromatic carbocycles. The summed E-state index contributed by atoms with van der Waals surface area (Å²) in [5, 5.41) is 11.9. The molecule has 0 bridgehead atoms. The second-order valence-electron chi connectivity index (χ2n) is 7.99. The molecule has 0 unspecified atom stereocenters. The lowest BCUT2D eigenvalue weighted by Crippen LogP contribution is -2.38. The summed E-state index contributed by atoms with van der Waals surface area (Å²) in [6.45, 7) is 5.35. The molecule has 4 aromatic rings. The van der Waals surface area contributed by atoms with Gasteiger partial charge in [0.25, 0.3) is 10.0 Å². The van der Waals surface area contributed by atoms with Crippen molar-refractivity contribution in [2.75, 3.05) is 16.2 Å². The normalized spacial score (nSPS) is 11.3. The molecule has 0 saturated carbocycles. The number of benzene rings is 3. The fraction of sp³-hybridized carbons (Fsp3) is 0.160. The Hall–Kier alpha value is -3.56. The van der Waals surface area contributed by atoms with Crippen molar-refractivity contribution in [1.82, 2.24) is 10.2 Å². The largest absolute Gasteiger partial charge is 0.299 e. The van der Waals surface area contributed by atoms with E-state index in [1.54, 1.807) is 42.5 Å². The topological polar surface area (TPSA) is 92.3 Å². The lowest BCUT2D eigenvalue weighted by molar-refractivity contribution is -0.114. The van der Waals surface area contributed by atoms with E-state index in [9.17, 15) is 13.2 Å². The highest BCUT2D eigenvalue weighted by Crippen LogP contribution is 2.28. The molecule has 9 heteroatoms. The zero-order chi connectivity index (χ0) is 24.3. The van der Waals surface area contributed by atoms with Crippen molar-refractivity contribution in [1.29, 1.82) is 0 Å². The Kier molecular flexibility index (Phi) is 6.76. The van der Waals surface area contributed by atoms with Crippen LogP contribution in [0.4, 0.5) is 10.8 Å². The number of anilines is 2. The Bertz CT molecular complexity index is 1410.